The summed E-state index contributed by atoms with van der Waals surface area (Å²) in [6.45, 7) is 3.66. The molecule has 0 spiro atoms. The Balaban J connectivity index is 1.89. The van der Waals surface area contributed by atoms with Crippen molar-refractivity contribution in [1.82, 2.24) is 14.8 Å². The van der Waals surface area contributed by atoms with E-state index < -0.39 is 0 Å². The fourth-order valence-corrected chi connectivity index (χ4v) is 3.36. The minimum absolute atomic E-state index is 0.209. The number of benzene rings is 1. The second-order valence-corrected chi connectivity index (χ2v) is 7.94. The van der Waals surface area contributed by atoms with Gasteiger partial charge in [-0.1, -0.05) is 5.92 Å². The van der Waals surface area contributed by atoms with Crippen LogP contribution in [0.4, 0.5) is 11.5 Å². The molecule has 1 aliphatic carbocycles. The first-order valence-electron chi connectivity index (χ1n) is 9.00. The van der Waals surface area contributed by atoms with Crippen molar-refractivity contribution in [2.24, 2.45) is 7.05 Å². The maximum Gasteiger partial charge on any atom is 0.308 e. The Kier molecular flexibility index (Phi) is 4.98. The number of carbonyl (C=O) groups excluding carboxylic acids is 1. The van der Waals surface area contributed by atoms with Gasteiger partial charge in [-0.2, -0.15) is 5.10 Å². The van der Waals surface area contributed by atoms with Gasteiger partial charge < -0.3 is 4.74 Å². The van der Waals surface area contributed by atoms with Crippen LogP contribution < -0.4 is 9.64 Å². The monoisotopic (exact) mass is 486 g/mol. The van der Waals surface area contributed by atoms with Gasteiger partial charge in [0, 0.05) is 10.6 Å². The molecule has 2 heterocycles. The third kappa shape index (κ3) is 3.69. The first-order valence-corrected chi connectivity index (χ1v) is 10.1. The number of hydrogen-bond acceptors (Lipinski definition) is 4. The summed E-state index contributed by atoms with van der Waals surface area (Å²) < 4.78 is 8.91. The summed E-state index contributed by atoms with van der Waals surface area (Å²) in [6, 6.07) is 7.59. The first kappa shape index (κ1) is 18.7. The lowest BCUT2D eigenvalue weighted by Gasteiger charge is -2.23. The molecule has 1 saturated carbocycles. The molecule has 1 amide bonds. The molecule has 1 aromatic carbocycles. The van der Waals surface area contributed by atoms with E-state index >= 15 is 0 Å². The summed E-state index contributed by atoms with van der Waals surface area (Å²) >= 11 is 2.28. The molecule has 0 bridgehead atoms. The molecule has 1 fully saturated rings. The van der Waals surface area contributed by atoms with E-state index in [0.717, 1.165) is 27.5 Å². The molecular formula is C21H19IN4O2. The van der Waals surface area contributed by atoms with E-state index in [1.165, 1.54) is 4.90 Å². The molecule has 7 heteroatoms. The quantitative estimate of drug-likeness (QED) is 0.412. The molecular weight excluding hydrogens is 467 g/mol. The highest BCUT2D eigenvalue weighted by Crippen LogP contribution is 2.39. The SMILES string of the molecule is CC#CC(=O)N(c1ccc2nn(C)cc2n1)c1cc(C)c(I)cc1OC1CC1. The van der Waals surface area contributed by atoms with Gasteiger partial charge in [0.1, 0.15) is 22.6 Å². The van der Waals surface area contributed by atoms with E-state index in [1.54, 1.807) is 17.7 Å². The fourth-order valence-electron chi connectivity index (χ4n) is 2.92. The summed E-state index contributed by atoms with van der Waals surface area (Å²) in [5.74, 6) is 6.17. The van der Waals surface area contributed by atoms with Crippen molar-refractivity contribution in [3.05, 3.63) is 39.6 Å². The van der Waals surface area contributed by atoms with Crippen LogP contribution in [0, 0.1) is 22.3 Å². The third-order valence-corrected chi connectivity index (χ3v) is 5.59. The minimum atomic E-state index is -0.348. The molecule has 3 aromatic rings. The summed E-state index contributed by atoms with van der Waals surface area (Å²) in [5.41, 5.74) is 3.21. The number of fused-ring (bicyclic) bond motifs is 1. The lowest BCUT2D eigenvalue weighted by Crippen LogP contribution is -2.26. The molecule has 2 aromatic heterocycles. The van der Waals surface area contributed by atoms with Crippen LogP contribution in [0.5, 0.6) is 5.75 Å². The van der Waals surface area contributed by atoms with Crippen molar-refractivity contribution in [2.45, 2.75) is 32.8 Å². The van der Waals surface area contributed by atoms with Gasteiger partial charge in [0.15, 0.2) is 0 Å². The third-order valence-electron chi connectivity index (χ3n) is 4.43. The highest BCUT2D eigenvalue weighted by Gasteiger charge is 2.28. The zero-order chi connectivity index (χ0) is 19.8. The van der Waals surface area contributed by atoms with Gasteiger partial charge in [-0.25, -0.2) is 9.88 Å². The summed E-state index contributed by atoms with van der Waals surface area (Å²) in [7, 11) is 1.84. The maximum absolute atomic E-state index is 13.0. The fraction of sp³-hybridized carbons (Fsp3) is 0.286. The largest absolute Gasteiger partial charge is 0.488 e. The van der Waals surface area contributed by atoms with Crippen LogP contribution in [0.25, 0.3) is 11.0 Å². The number of halogens is 1. The van der Waals surface area contributed by atoms with E-state index in [0.29, 0.717) is 22.8 Å². The number of ether oxygens (including phenoxy) is 1. The van der Waals surface area contributed by atoms with Crippen LogP contribution in [-0.2, 0) is 11.8 Å². The van der Waals surface area contributed by atoms with Gasteiger partial charge in [0.05, 0.1) is 18.0 Å². The summed E-state index contributed by atoms with van der Waals surface area (Å²) in [5, 5.41) is 4.36. The Bertz CT molecular complexity index is 1140. The van der Waals surface area contributed by atoms with Crippen LogP contribution in [0.2, 0.25) is 0 Å². The average molecular weight is 486 g/mol. The molecule has 0 atom stereocenters. The van der Waals surface area contributed by atoms with E-state index in [1.807, 2.05) is 38.4 Å². The number of aryl methyl sites for hydroxylation is 2. The van der Waals surface area contributed by atoms with E-state index in [2.05, 4.69) is 44.5 Å². The minimum Gasteiger partial charge on any atom is -0.488 e. The Morgan fingerprint density at radius 2 is 2.11 bits per heavy atom. The number of rotatable bonds is 4. The normalized spacial score (nSPS) is 13.1. The standard InChI is InChI=1S/C21H19IN4O2/c1-4-5-21(27)26(20-9-8-16-17(23-20)12-25(3)24-16)18-10-13(2)15(22)11-19(18)28-14-6-7-14/h8-12,14H,6-7H2,1-3H3. The summed E-state index contributed by atoms with van der Waals surface area (Å²) in [6.07, 6.45) is 4.10. The lowest BCUT2D eigenvalue weighted by atomic mass is 10.1. The molecule has 142 valence electrons. The number of nitrogens with zero attached hydrogens (tertiary/aromatic N) is 4. The van der Waals surface area contributed by atoms with Crippen molar-refractivity contribution in [3.8, 4) is 17.6 Å². The van der Waals surface area contributed by atoms with Crippen LogP contribution in [0.1, 0.15) is 25.3 Å². The van der Waals surface area contributed by atoms with E-state index in [9.17, 15) is 4.79 Å². The molecule has 0 aliphatic heterocycles. The Labute approximate surface area is 177 Å². The Morgan fingerprint density at radius 3 is 2.82 bits per heavy atom. The zero-order valence-corrected chi connectivity index (χ0v) is 18.0. The summed E-state index contributed by atoms with van der Waals surface area (Å²) in [4.78, 5) is 19.2. The number of amides is 1. The van der Waals surface area contributed by atoms with Gasteiger partial charge in [-0.05, 0) is 85.0 Å². The van der Waals surface area contributed by atoms with Crippen LogP contribution in [-0.4, -0.2) is 26.8 Å². The second-order valence-electron chi connectivity index (χ2n) is 6.78. The van der Waals surface area contributed by atoms with Crippen molar-refractivity contribution in [1.29, 1.82) is 0 Å². The average Bonchev–Trinajstić information content (AvgIpc) is 3.38. The van der Waals surface area contributed by atoms with Crippen molar-refractivity contribution < 1.29 is 9.53 Å². The molecule has 28 heavy (non-hydrogen) atoms. The molecule has 1 aliphatic rings. The number of hydrogen-bond donors (Lipinski definition) is 0. The van der Waals surface area contributed by atoms with Crippen molar-refractivity contribution in [3.63, 3.8) is 0 Å². The maximum atomic E-state index is 13.0. The predicted octanol–water partition coefficient (Wildman–Crippen LogP) is 4.11. The Hall–Kier alpha value is -2.60. The molecule has 0 N–H and O–H groups in total. The van der Waals surface area contributed by atoms with Gasteiger partial charge in [-0.3, -0.25) is 9.48 Å². The first-order chi connectivity index (χ1) is 13.5. The van der Waals surface area contributed by atoms with Crippen LogP contribution >= 0.6 is 22.6 Å². The van der Waals surface area contributed by atoms with Gasteiger partial charge in [0.2, 0.25) is 0 Å². The number of pyridine rings is 1. The molecule has 0 saturated heterocycles. The van der Waals surface area contributed by atoms with Crippen molar-refractivity contribution >= 4 is 51.0 Å². The van der Waals surface area contributed by atoms with Crippen molar-refractivity contribution in [2.75, 3.05) is 4.90 Å². The number of carbonyl (C=O) groups is 1. The highest BCUT2D eigenvalue weighted by atomic mass is 127. The Morgan fingerprint density at radius 1 is 1.32 bits per heavy atom. The van der Waals surface area contributed by atoms with Crippen LogP contribution in [0.15, 0.2) is 30.5 Å². The molecule has 0 unspecified atom stereocenters. The smallest absolute Gasteiger partial charge is 0.308 e. The second kappa shape index (κ2) is 7.43. The highest BCUT2D eigenvalue weighted by molar-refractivity contribution is 14.1. The van der Waals surface area contributed by atoms with Gasteiger partial charge in [-0.15, -0.1) is 0 Å². The van der Waals surface area contributed by atoms with Gasteiger partial charge in [0.25, 0.3) is 0 Å². The van der Waals surface area contributed by atoms with Crippen LogP contribution in [0.3, 0.4) is 0 Å². The number of aromatic nitrogens is 3. The topological polar surface area (TPSA) is 60.2 Å². The van der Waals surface area contributed by atoms with E-state index in [4.69, 9.17) is 4.74 Å². The predicted molar refractivity (Wildman–Crippen MR) is 117 cm³/mol. The number of anilines is 2. The molecule has 4 rings (SSSR count). The van der Waals surface area contributed by atoms with E-state index in [-0.39, 0.29) is 12.0 Å². The zero-order valence-electron chi connectivity index (χ0n) is 15.9. The van der Waals surface area contributed by atoms with Gasteiger partial charge >= 0.3 is 5.91 Å². The lowest BCUT2D eigenvalue weighted by molar-refractivity contribution is -0.112. The molecule has 6 nitrogen and oxygen atoms in total. The molecule has 0 radical (unpaired) electrons.